The third-order valence-electron chi connectivity index (χ3n) is 1.67. The molecule has 1 aromatic rings. The van der Waals surface area contributed by atoms with Crippen molar-refractivity contribution in [2.45, 2.75) is 26.8 Å². The van der Waals surface area contributed by atoms with Gasteiger partial charge in [0.25, 0.3) is 5.56 Å². The Bertz CT molecular complexity index is 348. The summed E-state index contributed by atoms with van der Waals surface area (Å²) in [6.07, 6.45) is 0. The van der Waals surface area contributed by atoms with Gasteiger partial charge in [-0.2, -0.15) is 0 Å². The number of hydrogen-bond acceptors (Lipinski definition) is 3. The standard InChI is InChI=1S/C7H11N3O2/c1-4(2)10-7(11)6(9-12)5(3)8-10/h4,8H,1-3H3. The molecule has 1 aromatic heterocycles. The van der Waals surface area contributed by atoms with E-state index in [0.29, 0.717) is 5.69 Å². The molecule has 1 N–H and O–H groups in total. The predicted molar refractivity (Wildman–Crippen MR) is 45.6 cm³/mol. The van der Waals surface area contributed by atoms with E-state index in [4.69, 9.17) is 0 Å². The number of nitrogens with one attached hydrogen (secondary N) is 1. The van der Waals surface area contributed by atoms with Crippen molar-refractivity contribution >= 4 is 5.69 Å². The van der Waals surface area contributed by atoms with E-state index in [1.165, 1.54) is 4.68 Å². The van der Waals surface area contributed by atoms with E-state index in [0.717, 1.165) is 0 Å². The van der Waals surface area contributed by atoms with E-state index in [1.54, 1.807) is 6.92 Å². The van der Waals surface area contributed by atoms with E-state index in [1.807, 2.05) is 13.8 Å². The van der Waals surface area contributed by atoms with Crippen LogP contribution in [0.15, 0.2) is 9.97 Å². The molecule has 1 rings (SSSR count). The predicted octanol–water partition coefficient (Wildman–Crippen LogP) is 1.46. The Kier molecular flexibility index (Phi) is 2.12. The summed E-state index contributed by atoms with van der Waals surface area (Å²) in [5, 5.41) is 5.43. The molecule has 0 fully saturated rings. The zero-order chi connectivity index (χ0) is 9.30. The summed E-state index contributed by atoms with van der Waals surface area (Å²) >= 11 is 0. The van der Waals surface area contributed by atoms with Gasteiger partial charge in [0.15, 0.2) is 5.69 Å². The molecule has 0 amide bonds. The minimum Gasteiger partial charge on any atom is -0.297 e. The number of hydrogen-bond donors (Lipinski definition) is 1. The van der Waals surface area contributed by atoms with Gasteiger partial charge in [-0.3, -0.25) is 9.89 Å². The molecular formula is C7H11N3O2. The van der Waals surface area contributed by atoms with Crippen molar-refractivity contribution in [3.63, 3.8) is 0 Å². The summed E-state index contributed by atoms with van der Waals surface area (Å²) in [6.45, 7) is 5.36. The highest BCUT2D eigenvalue weighted by Crippen LogP contribution is 2.11. The second-order valence-corrected chi connectivity index (χ2v) is 2.95. The van der Waals surface area contributed by atoms with Crippen molar-refractivity contribution in [3.8, 4) is 0 Å². The maximum atomic E-state index is 11.3. The summed E-state index contributed by atoms with van der Waals surface area (Å²) < 4.78 is 1.38. The third-order valence-corrected chi connectivity index (χ3v) is 1.67. The molecule has 0 aromatic carbocycles. The van der Waals surface area contributed by atoms with Crippen LogP contribution in [0.25, 0.3) is 0 Å². The molecule has 0 aliphatic carbocycles. The van der Waals surface area contributed by atoms with Crippen LogP contribution in [-0.2, 0) is 0 Å². The normalized spacial score (nSPS) is 10.7. The van der Waals surface area contributed by atoms with Crippen LogP contribution in [0.3, 0.4) is 0 Å². The highest BCUT2D eigenvalue weighted by Gasteiger charge is 2.12. The average molecular weight is 169 g/mol. The number of aromatic amines is 1. The summed E-state index contributed by atoms with van der Waals surface area (Å²) in [6, 6.07) is 0.0201. The van der Waals surface area contributed by atoms with Crippen LogP contribution in [-0.4, -0.2) is 9.78 Å². The first kappa shape index (κ1) is 8.70. The SMILES string of the molecule is Cc1[nH]n(C(C)C)c(=O)c1N=O. The van der Waals surface area contributed by atoms with Gasteiger partial charge in [0.1, 0.15) is 0 Å². The Morgan fingerprint density at radius 1 is 1.50 bits per heavy atom. The molecule has 0 atom stereocenters. The van der Waals surface area contributed by atoms with Gasteiger partial charge >= 0.3 is 0 Å². The third kappa shape index (κ3) is 1.17. The molecule has 0 unspecified atom stereocenters. The Morgan fingerprint density at radius 3 is 2.33 bits per heavy atom. The zero-order valence-corrected chi connectivity index (χ0v) is 7.29. The molecule has 66 valence electrons. The van der Waals surface area contributed by atoms with E-state index in [9.17, 15) is 9.70 Å². The fourth-order valence-electron chi connectivity index (χ4n) is 1.03. The lowest BCUT2D eigenvalue weighted by molar-refractivity contribution is 0.514. The van der Waals surface area contributed by atoms with Gasteiger partial charge in [-0.05, 0) is 25.9 Å². The second-order valence-electron chi connectivity index (χ2n) is 2.95. The second kappa shape index (κ2) is 2.92. The minimum absolute atomic E-state index is 0.0201. The summed E-state index contributed by atoms with van der Waals surface area (Å²) in [5.74, 6) is 0. The highest BCUT2D eigenvalue weighted by molar-refractivity contribution is 5.38. The summed E-state index contributed by atoms with van der Waals surface area (Å²) in [5.41, 5.74) is 0.143. The first-order valence-electron chi connectivity index (χ1n) is 3.72. The molecule has 0 saturated heterocycles. The lowest BCUT2D eigenvalue weighted by Crippen LogP contribution is -2.18. The molecule has 5 nitrogen and oxygen atoms in total. The van der Waals surface area contributed by atoms with Gasteiger partial charge < -0.3 is 0 Å². The fraction of sp³-hybridized carbons (Fsp3) is 0.571. The van der Waals surface area contributed by atoms with E-state index in [-0.39, 0.29) is 17.3 Å². The van der Waals surface area contributed by atoms with Gasteiger partial charge in [0, 0.05) is 6.04 Å². The van der Waals surface area contributed by atoms with Crippen molar-refractivity contribution in [3.05, 3.63) is 21.0 Å². The molecule has 1 heterocycles. The maximum absolute atomic E-state index is 11.3. The van der Waals surface area contributed by atoms with Gasteiger partial charge in [0.2, 0.25) is 0 Å². The van der Waals surface area contributed by atoms with Crippen molar-refractivity contribution in [1.29, 1.82) is 0 Å². The molecule has 0 radical (unpaired) electrons. The van der Waals surface area contributed by atoms with Crippen molar-refractivity contribution in [2.24, 2.45) is 5.18 Å². The van der Waals surface area contributed by atoms with Crippen LogP contribution in [0.5, 0.6) is 0 Å². The van der Waals surface area contributed by atoms with Gasteiger partial charge in [-0.1, -0.05) is 0 Å². The lowest BCUT2D eigenvalue weighted by atomic mass is 10.4. The number of nitroso groups, excluding NO2 is 1. The lowest BCUT2D eigenvalue weighted by Gasteiger charge is -2.03. The molecule has 5 heteroatoms. The van der Waals surface area contributed by atoms with Crippen molar-refractivity contribution in [1.82, 2.24) is 9.78 Å². The molecule has 0 saturated carbocycles. The van der Waals surface area contributed by atoms with E-state index in [2.05, 4.69) is 10.3 Å². The molecule has 0 aliphatic heterocycles. The number of aryl methyl sites for hydroxylation is 1. The number of H-pyrrole nitrogens is 1. The number of rotatable bonds is 2. The number of aromatic nitrogens is 2. The Morgan fingerprint density at radius 2 is 2.08 bits per heavy atom. The molecular weight excluding hydrogens is 158 g/mol. The smallest absolute Gasteiger partial charge is 0.296 e. The summed E-state index contributed by atoms with van der Waals surface area (Å²) in [7, 11) is 0. The average Bonchev–Trinajstić information content (AvgIpc) is 2.27. The Hall–Kier alpha value is -1.39. The first-order valence-corrected chi connectivity index (χ1v) is 3.72. The van der Waals surface area contributed by atoms with Crippen LogP contribution < -0.4 is 5.56 Å². The van der Waals surface area contributed by atoms with Crippen LogP contribution in [0.2, 0.25) is 0 Å². The maximum Gasteiger partial charge on any atom is 0.296 e. The molecule has 0 spiro atoms. The monoisotopic (exact) mass is 169 g/mol. The minimum atomic E-state index is -0.350. The van der Waals surface area contributed by atoms with Crippen molar-refractivity contribution < 1.29 is 0 Å². The molecule has 0 bridgehead atoms. The topological polar surface area (TPSA) is 67.2 Å². The number of nitrogens with zero attached hydrogens (tertiary/aromatic N) is 2. The quantitative estimate of drug-likeness (QED) is 0.681. The highest BCUT2D eigenvalue weighted by atomic mass is 16.3. The van der Waals surface area contributed by atoms with Crippen LogP contribution in [0.4, 0.5) is 5.69 Å². The largest absolute Gasteiger partial charge is 0.297 e. The Balaban J connectivity index is 3.36. The van der Waals surface area contributed by atoms with Gasteiger partial charge in [0.05, 0.1) is 5.69 Å². The molecule has 0 aliphatic rings. The van der Waals surface area contributed by atoms with Crippen molar-refractivity contribution in [2.75, 3.05) is 0 Å². The van der Waals surface area contributed by atoms with Crippen LogP contribution in [0.1, 0.15) is 25.6 Å². The van der Waals surface area contributed by atoms with E-state index >= 15 is 0 Å². The summed E-state index contributed by atoms with van der Waals surface area (Å²) in [4.78, 5) is 21.5. The molecule has 12 heavy (non-hydrogen) atoms. The first-order chi connectivity index (χ1) is 5.57. The van der Waals surface area contributed by atoms with Gasteiger partial charge in [-0.25, -0.2) is 4.68 Å². The van der Waals surface area contributed by atoms with E-state index < -0.39 is 0 Å². The van der Waals surface area contributed by atoms with Crippen LogP contribution in [0, 0.1) is 11.8 Å². The fourth-order valence-corrected chi connectivity index (χ4v) is 1.03. The van der Waals surface area contributed by atoms with Crippen LogP contribution >= 0.6 is 0 Å². The van der Waals surface area contributed by atoms with Gasteiger partial charge in [-0.15, -0.1) is 4.91 Å². The Labute approximate surface area is 69.4 Å². The zero-order valence-electron chi connectivity index (χ0n) is 7.29.